The Bertz CT molecular complexity index is 726. The molecular weight excluding hydrogens is 374 g/mol. The predicted octanol–water partition coefficient (Wildman–Crippen LogP) is 1.20. The molecule has 3 aliphatic rings. The zero-order valence-corrected chi connectivity index (χ0v) is 17.5. The number of ether oxygens (including phenoxy) is 2. The van der Waals surface area contributed by atoms with Crippen molar-refractivity contribution in [3.63, 3.8) is 0 Å². The highest BCUT2D eigenvalue weighted by atomic mass is 32.2. The maximum Gasteiger partial charge on any atom is 0.134 e. The lowest BCUT2D eigenvalue weighted by molar-refractivity contribution is 0.0410. The fraction of sp³-hybridized carbons (Fsp3) is 0.700. The fourth-order valence-corrected chi connectivity index (χ4v) is 5.09. The van der Waals surface area contributed by atoms with Gasteiger partial charge < -0.3 is 19.3 Å². The number of rotatable bonds is 5. The van der Waals surface area contributed by atoms with Gasteiger partial charge in [0.1, 0.15) is 16.9 Å². The normalized spacial score (nSPS) is 21.4. The SMILES string of the molecule is CN1CCc2c(C#N)c(SCCN3CCOCC3)nc(N3CCOCC3)c2C1. The highest BCUT2D eigenvalue weighted by Gasteiger charge is 2.27. The van der Waals surface area contributed by atoms with E-state index >= 15 is 0 Å². The van der Waals surface area contributed by atoms with Crippen LogP contribution < -0.4 is 4.90 Å². The van der Waals surface area contributed by atoms with Gasteiger partial charge in [0.2, 0.25) is 0 Å². The molecule has 0 bridgehead atoms. The molecule has 0 aromatic carbocycles. The molecule has 0 unspecified atom stereocenters. The summed E-state index contributed by atoms with van der Waals surface area (Å²) in [5.74, 6) is 2.01. The first-order valence-corrected chi connectivity index (χ1v) is 11.1. The van der Waals surface area contributed by atoms with Gasteiger partial charge in [-0.3, -0.25) is 4.90 Å². The van der Waals surface area contributed by atoms with Gasteiger partial charge in [-0.1, -0.05) is 0 Å². The number of hydrogen-bond donors (Lipinski definition) is 0. The van der Waals surface area contributed by atoms with Gasteiger partial charge in [0.25, 0.3) is 0 Å². The third-order valence-electron chi connectivity index (χ3n) is 5.70. The third kappa shape index (κ3) is 4.44. The van der Waals surface area contributed by atoms with Crippen molar-refractivity contribution >= 4 is 17.6 Å². The van der Waals surface area contributed by atoms with E-state index in [0.29, 0.717) is 0 Å². The summed E-state index contributed by atoms with van der Waals surface area (Å²) in [7, 11) is 2.14. The Morgan fingerprint density at radius 3 is 2.46 bits per heavy atom. The fourth-order valence-electron chi connectivity index (χ4n) is 4.08. The molecule has 2 saturated heterocycles. The summed E-state index contributed by atoms with van der Waals surface area (Å²) in [5, 5.41) is 10.8. The van der Waals surface area contributed by atoms with Crippen LogP contribution in [-0.2, 0) is 22.4 Å². The predicted molar refractivity (Wildman–Crippen MR) is 110 cm³/mol. The molecular formula is C20H29N5O2S. The van der Waals surface area contributed by atoms with Crippen molar-refractivity contribution in [1.82, 2.24) is 14.8 Å². The Morgan fingerprint density at radius 2 is 1.75 bits per heavy atom. The average molecular weight is 404 g/mol. The van der Waals surface area contributed by atoms with Crippen molar-refractivity contribution < 1.29 is 9.47 Å². The standard InChI is InChI=1S/C20H29N5O2S/c1-23-3-2-16-17(14-21)20(28-13-8-24-4-9-26-10-5-24)22-19(18(16)15-23)25-6-11-27-12-7-25/h2-13,15H2,1H3. The second kappa shape index (κ2) is 9.42. The third-order valence-corrected chi connectivity index (χ3v) is 6.66. The van der Waals surface area contributed by atoms with Crippen molar-refractivity contribution in [3.05, 3.63) is 16.7 Å². The van der Waals surface area contributed by atoms with Crippen LogP contribution in [0.4, 0.5) is 5.82 Å². The van der Waals surface area contributed by atoms with Crippen molar-refractivity contribution in [2.45, 2.75) is 18.0 Å². The molecule has 152 valence electrons. The van der Waals surface area contributed by atoms with Gasteiger partial charge in [0.15, 0.2) is 0 Å². The summed E-state index contributed by atoms with van der Waals surface area (Å²) in [4.78, 5) is 12.1. The van der Waals surface area contributed by atoms with Crippen LogP contribution in [0.1, 0.15) is 16.7 Å². The van der Waals surface area contributed by atoms with E-state index in [1.54, 1.807) is 11.8 Å². The molecule has 4 heterocycles. The van der Waals surface area contributed by atoms with Crippen LogP contribution in [0.25, 0.3) is 0 Å². The Labute approximate surface area is 171 Å². The van der Waals surface area contributed by atoms with Gasteiger partial charge in [-0.05, 0) is 19.0 Å². The summed E-state index contributed by atoms with van der Waals surface area (Å²) in [5.41, 5.74) is 3.25. The van der Waals surface area contributed by atoms with Gasteiger partial charge in [0.05, 0.1) is 32.0 Å². The molecule has 0 atom stereocenters. The summed E-state index contributed by atoms with van der Waals surface area (Å²) < 4.78 is 11.0. The van der Waals surface area contributed by atoms with Crippen molar-refractivity contribution in [3.8, 4) is 6.07 Å². The van der Waals surface area contributed by atoms with E-state index in [9.17, 15) is 5.26 Å². The van der Waals surface area contributed by atoms with Crippen molar-refractivity contribution in [1.29, 1.82) is 5.26 Å². The molecule has 0 radical (unpaired) electrons. The van der Waals surface area contributed by atoms with E-state index in [2.05, 4.69) is 27.8 Å². The molecule has 1 aromatic rings. The topological polar surface area (TPSA) is 64.9 Å². The smallest absolute Gasteiger partial charge is 0.134 e. The van der Waals surface area contributed by atoms with Crippen LogP contribution in [0.5, 0.6) is 0 Å². The molecule has 1 aromatic heterocycles. The van der Waals surface area contributed by atoms with Crippen molar-refractivity contribution in [2.24, 2.45) is 0 Å². The number of likely N-dealkylation sites (N-methyl/N-ethyl adjacent to an activating group) is 1. The van der Waals surface area contributed by atoms with E-state index in [0.717, 1.165) is 101 Å². The van der Waals surface area contributed by atoms with Crippen LogP contribution in [-0.4, -0.2) is 93.3 Å². The summed E-state index contributed by atoms with van der Waals surface area (Å²) >= 11 is 1.73. The molecule has 0 N–H and O–H groups in total. The van der Waals surface area contributed by atoms with Crippen molar-refractivity contribution in [2.75, 3.05) is 83.4 Å². The summed E-state index contributed by atoms with van der Waals surface area (Å²) in [6.07, 6.45) is 0.922. The Kier molecular flexibility index (Phi) is 6.70. The van der Waals surface area contributed by atoms with Gasteiger partial charge in [-0.25, -0.2) is 4.98 Å². The van der Waals surface area contributed by atoms with Gasteiger partial charge in [-0.15, -0.1) is 11.8 Å². The second-order valence-corrected chi connectivity index (χ2v) is 8.66. The minimum absolute atomic E-state index is 0.742. The van der Waals surface area contributed by atoms with Crippen LogP contribution in [0.15, 0.2) is 5.03 Å². The number of pyridine rings is 1. The maximum absolute atomic E-state index is 9.91. The van der Waals surface area contributed by atoms with Gasteiger partial charge in [-0.2, -0.15) is 5.26 Å². The molecule has 4 rings (SSSR count). The number of fused-ring (bicyclic) bond motifs is 1. The number of aromatic nitrogens is 1. The Balaban J connectivity index is 1.58. The molecule has 0 aliphatic carbocycles. The Hall–Kier alpha value is -1.37. The number of thioether (sulfide) groups is 1. The first-order chi connectivity index (χ1) is 13.8. The highest BCUT2D eigenvalue weighted by molar-refractivity contribution is 7.99. The number of nitrogens with zero attached hydrogens (tertiary/aromatic N) is 5. The highest BCUT2D eigenvalue weighted by Crippen LogP contribution is 2.35. The molecule has 7 nitrogen and oxygen atoms in total. The van der Waals surface area contributed by atoms with Gasteiger partial charge in [0, 0.05) is 57.1 Å². The first-order valence-electron chi connectivity index (χ1n) is 10.2. The van der Waals surface area contributed by atoms with Crippen LogP contribution >= 0.6 is 11.8 Å². The van der Waals surface area contributed by atoms with Gasteiger partial charge >= 0.3 is 0 Å². The van der Waals surface area contributed by atoms with E-state index in [4.69, 9.17) is 14.5 Å². The molecule has 0 spiro atoms. The number of morpholine rings is 2. The summed E-state index contributed by atoms with van der Waals surface area (Å²) in [6, 6.07) is 2.48. The summed E-state index contributed by atoms with van der Waals surface area (Å²) in [6.45, 7) is 9.71. The minimum Gasteiger partial charge on any atom is -0.379 e. The largest absolute Gasteiger partial charge is 0.379 e. The Morgan fingerprint density at radius 1 is 1.04 bits per heavy atom. The van der Waals surface area contributed by atoms with Crippen LogP contribution in [0.2, 0.25) is 0 Å². The lowest BCUT2D eigenvalue weighted by atomic mass is 9.96. The molecule has 2 fully saturated rings. The second-order valence-electron chi connectivity index (χ2n) is 7.57. The van der Waals surface area contributed by atoms with E-state index in [1.165, 1.54) is 11.1 Å². The molecule has 0 amide bonds. The van der Waals surface area contributed by atoms with E-state index in [1.807, 2.05) is 0 Å². The average Bonchev–Trinajstić information content (AvgIpc) is 2.74. The minimum atomic E-state index is 0.742. The quantitative estimate of drug-likeness (QED) is 0.680. The van der Waals surface area contributed by atoms with E-state index in [-0.39, 0.29) is 0 Å². The van der Waals surface area contributed by atoms with E-state index < -0.39 is 0 Å². The number of nitriles is 1. The number of anilines is 1. The van der Waals surface area contributed by atoms with Crippen LogP contribution in [0.3, 0.4) is 0 Å². The molecule has 8 heteroatoms. The molecule has 3 aliphatic heterocycles. The monoisotopic (exact) mass is 403 g/mol. The number of hydrogen-bond acceptors (Lipinski definition) is 8. The zero-order chi connectivity index (χ0) is 19.3. The maximum atomic E-state index is 9.91. The lowest BCUT2D eigenvalue weighted by Crippen LogP contribution is -2.39. The lowest BCUT2D eigenvalue weighted by Gasteiger charge is -2.34. The van der Waals surface area contributed by atoms with Crippen LogP contribution in [0, 0.1) is 11.3 Å². The zero-order valence-electron chi connectivity index (χ0n) is 16.7. The molecule has 28 heavy (non-hydrogen) atoms. The molecule has 0 saturated carbocycles. The first kappa shape index (κ1) is 19.9.